The highest BCUT2D eigenvalue weighted by Crippen LogP contribution is 2.50. The molecule has 7 nitrogen and oxygen atoms in total. The molecule has 1 fully saturated rings. The van der Waals surface area contributed by atoms with E-state index in [1.54, 1.807) is 38.3 Å². The monoisotopic (exact) mass is 495 g/mol. The van der Waals surface area contributed by atoms with Gasteiger partial charge >= 0.3 is 0 Å². The number of aliphatic hydroxyl groups is 2. The minimum absolute atomic E-state index is 0.276. The molecule has 1 saturated carbocycles. The van der Waals surface area contributed by atoms with Crippen molar-refractivity contribution in [2.75, 3.05) is 19.1 Å². The third-order valence-corrected chi connectivity index (χ3v) is 7.89. The summed E-state index contributed by atoms with van der Waals surface area (Å²) in [6.07, 6.45) is 0.171. The van der Waals surface area contributed by atoms with E-state index >= 15 is 0 Å². The number of rotatable bonds is 4. The van der Waals surface area contributed by atoms with Crippen molar-refractivity contribution in [1.82, 2.24) is 9.78 Å². The molecule has 3 aromatic rings. The molecule has 0 amide bonds. The number of ether oxygens (including phenoxy) is 1. The van der Waals surface area contributed by atoms with Crippen LogP contribution in [0.25, 0.3) is 5.69 Å². The summed E-state index contributed by atoms with van der Waals surface area (Å²) in [6, 6.07) is 12.9. The lowest BCUT2D eigenvalue weighted by Crippen LogP contribution is -2.54. The maximum absolute atomic E-state index is 13.3. The Bertz CT molecular complexity index is 1360. The predicted octanol–water partition coefficient (Wildman–Crippen LogP) is 3.88. The second-order valence-electron chi connectivity index (χ2n) is 9.97. The summed E-state index contributed by atoms with van der Waals surface area (Å²) in [7, 11) is 3.56. The molecule has 184 valence electrons. The van der Waals surface area contributed by atoms with Crippen LogP contribution in [0.3, 0.4) is 0 Å². The van der Waals surface area contributed by atoms with Gasteiger partial charge in [0.25, 0.3) is 5.56 Å². The van der Waals surface area contributed by atoms with Crippen molar-refractivity contribution in [2.24, 2.45) is 5.92 Å². The quantitative estimate of drug-likeness (QED) is 0.511. The van der Waals surface area contributed by atoms with Crippen LogP contribution in [0.15, 0.2) is 59.0 Å². The molecule has 0 radical (unpaired) electrons. The fourth-order valence-electron chi connectivity index (χ4n) is 5.63. The number of hydrogen-bond donors (Lipinski definition) is 3. The van der Waals surface area contributed by atoms with Crippen molar-refractivity contribution in [1.29, 1.82) is 0 Å². The van der Waals surface area contributed by atoms with E-state index in [2.05, 4.69) is 23.8 Å². The molecule has 2 atom stereocenters. The third-order valence-electron chi connectivity index (χ3n) is 7.65. The van der Waals surface area contributed by atoms with Crippen LogP contribution in [0, 0.1) is 12.8 Å². The molecular weight excluding hydrogens is 466 g/mol. The smallest absolute Gasteiger partial charge is 0.275 e. The van der Waals surface area contributed by atoms with Gasteiger partial charge in [-0.2, -0.15) is 0 Å². The predicted molar refractivity (Wildman–Crippen MR) is 137 cm³/mol. The normalized spacial score (nSPS) is 26.1. The van der Waals surface area contributed by atoms with E-state index in [0.29, 0.717) is 27.7 Å². The number of aromatic nitrogens is 2. The van der Waals surface area contributed by atoms with Crippen LogP contribution in [0.1, 0.15) is 36.6 Å². The SMILES string of the molecule is COc1ccc(-n2[nH]c(C)c(C3C(O)C(C=C4N(C)c5ccc(Cl)cc5C4(C)C)C3O)c2=O)cc1. The molecule has 2 heterocycles. The Morgan fingerprint density at radius 1 is 1.11 bits per heavy atom. The Kier molecular flexibility index (Phi) is 5.62. The number of nitrogens with one attached hydrogen (secondary N) is 1. The number of benzene rings is 2. The average Bonchev–Trinajstić information content (AvgIpc) is 3.22. The first kappa shape index (κ1) is 23.7. The second kappa shape index (κ2) is 8.29. The topological polar surface area (TPSA) is 90.7 Å². The largest absolute Gasteiger partial charge is 0.497 e. The maximum atomic E-state index is 13.3. The number of allylic oxidation sites excluding steroid dienone is 1. The van der Waals surface area contributed by atoms with E-state index in [9.17, 15) is 15.0 Å². The molecule has 35 heavy (non-hydrogen) atoms. The summed E-state index contributed by atoms with van der Waals surface area (Å²) in [5, 5.41) is 26.0. The van der Waals surface area contributed by atoms with Crippen LogP contribution >= 0.6 is 11.6 Å². The van der Waals surface area contributed by atoms with Crippen molar-refractivity contribution in [3.8, 4) is 11.4 Å². The molecule has 1 aromatic heterocycles. The Hall–Kier alpha value is -3.00. The van der Waals surface area contributed by atoms with Crippen molar-refractivity contribution in [3.05, 3.63) is 86.4 Å². The summed E-state index contributed by atoms with van der Waals surface area (Å²) in [5.74, 6) is -0.480. The number of fused-ring (bicyclic) bond motifs is 1. The van der Waals surface area contributed by atoms with E-state index in [1.165, 1.54) is 4.68 Å². The van der Waals surface area contributed by atoms with E-state index in [4.69, 9.17) is 16.3 Å². The van der Waals surface area contributed by atoms with E-state index in [-0.39, 0.29) is 11.0 Å². The van der Waals surface area contributed by atoms with E-state index in [1.807, 2.05) is 31.3 Å². The van der Waals surface area contributed by atoms with Crippen molar-refractivity contribution < 1.29 is 14.9 Å². The Labute approximate surface area is 209 Å². The summed E-state index contributed by atoms with van der Waals surface area (Å²) < 4.78 is 6.63. The number of aryl methyl sites for hydroxylation is 1. The van der Waals surface area contributed by atoms with Crippen LogP contribution in [-0.4, -0.2) is 46.4 Å². The Morgan fingerprint density at radius 2 is 1.77 bits per heavy atom. The minimum atomic E-state index is -0.888. The van der Waals surface area contributed by atoms with E-state index < -0.39 is 24.0 Å². The summed E-state index contributed by atoms with van der Waals surface area (Å²) >= 11 is 6.26. The number of methoxy groups -OCH3 is 1. The van der Waals surface area contributed by atoms with Gasteiger partial charge in [0, 0.05) is 52.0 Å². The molecule has 2 aliphatic rings. The minimum Gasteiger partial charge on any atom is -0.497 e. The number of likely N-dealkylation sites (N-methyl/N-ethyl adjacent to an activating group) is 1. The van der Waals surface area contributed by atoms with Gasteiger partial charge in [0.1, 0.15) is 5.75 Å². The standard InChI is InChI=1S/C27H30ClN3O4/c1-14-22(26(34)31(29-14)16-7-9-17(35-5)10-8-16)23-24(32)18(25(23)33)13-21-27(2,3)19-12-15(28)6-11-20(19)30(21)4/h6-13,18,23-25,29,32-33H,1-5H3. The Morgan fingerprint density at radius 3 is 2.40 bits per heavy atom. The highest BCUT2D eigenvalue weighted by molar-refractivity contribution is 6.30. The number of halogens is 1. The number of anilines is 1. The molecule has 2 aromatic carbocycles. The van der Waals surface area contributed by atoms with Gasteiger partial charge in [-0.25, -0.2) is 4.68 Å². The van der Waals surface area contributed by atoms with Crippen LogP contribution < -0.4 is 15.2 Å². The molecule has 5 rings (SSSR count). The highest BCUT2D eigenvalue weighted by atomic mass is 35.5. The Balaban J connectivity index is 1.45. The number of nitrogens with zero attached hydrogens (tertiary/aromatic N) is 2. The lowest BCUT2D eigenvalue weighted by molar-refractivity contribution is -0.0952. The zero-order valence-corrected chi connectivity index (χ0v) is 21.2. The number of H-pyrrole nitrogens is 1. The third kappa shape index (κ3) is 3.53. The summed E-state index contributed by atoms with van der Waals surface area (Å²) in [5.41, 5.74) is 4.20. The lowest BCUT2D eigenvalue weighted by atomic mass is 9.65. The van der Waals surface area contributed by atoms with Gasteiger partial charge in [-0.3, -0.25) is 9.89 Å². The maximum Gasteiger partial charge on any atom is 0.275 e. The van der Waals surface area contributed by atoms with Gasteiger partial charge in [-0.1, -0.05) is 31.5 Å². The first-order valence-electron chi connectivity index (χ1n) is 11.6. The first-order chi connectivity index (χ1) is 16.6. The van der Waals surface area contributed by atoms with Crippen molar-refractivity contribution in [3.63, 3.8) is 0 Å². The van der Waals surface area contributed by atoms with Gasteiger partial charge in [0.05, 0.1) is 25.0 Å². The molecule has 3 N–H and O–H groups in total. The fourth-order valence-corrected chi connectivity index (χ4v) is 5.80. The summed E-state index contributed by atoms with van der Waals surface area (Å²) in [6.45, 7) is 6.00. The molecule has 0 saturated heterocycles. The first-order valence-corrected chi connectivity index (χ1v) is 12.0. The fraction of sp³-hybridized carbons (Fsp3) is 0.370. The van der Waals surface area contributed by atoms with Crippen LogP contribution in [0.5, 0.6) is 5.75 Å². The number of aromatic amines is 1. The van der Waals surface area contributed by atoms with Gasteiger partial charge in [0.2, 0.25) is 0 Å². The van der Waals surface area contributed by atoms with Crippen LogP contribution in [0.2, 0.25) is 5.02 Å². The molecule has 0 spiro atoms. The molecule has 8 heteroatoms. The van der Waals surface area contributed by atoms with Gasteiger partial charge in [0.15, 0.2) is 0 Å². The molecular formula is C27H30ClN3O4. The lowest BCUT2D eigenvalue weighted by Gasteiger charge is -2.45. The zero-order chi connectivity index (χ0) is 25.2. The second-order valence-corrected chi connectivity index (χ2v) is 10.4. The van der Waals surface area contributed by atoms with Crippen LogP contribution in [0.4, 0.5) is 5.69 Å². The highest BCUT2D eigenvalue weighted by Gasteiger charge is 2.52. The van der Waals surface area contributed by atoms with Gasteiger partial charge < -0.3 is 19.8 Å². The van der Waals surface area contributed by atoms with Gasteiger partial charge in [-0.15, -0.1) is 0 Å². The molecule has 1 aliphatic carbocycles. The number of aliphatic hydroxyl groups excluding tert-OH is 2. The van der Waals surface area contributed by atoms with E-state index in [0.717, 1.165) is 16.9 Å². The molecule has 2 unspecified atom stereocenters. The van der Waals surface area contributed by atoms with Crippen LogP contribution in [-0.2, 0) is 5.41 Å². The molecule has 1 aliphatic heterocycles. The number of hydrogen-bond acceptors (Lipinski definition) is 5. The van der Waals surface area contributed by atoms with Crippen molar-refractivity contribution in [2.45, 2.75) is 44.3 Å². The zero-order valence-electron chi connectivity index (χ0n) is 20.4. The summed E-state index contributed by atoms with van der Waals surface area (Å²) in [4.78, 5) is 15.4. The van der Waals surface area contributed by atoms with Gasteiger partial charge in [-0.05, 0) is 55.0 Å². The molecule has 0 bridgehead atoms. The average molecular weight is 496 g/mol. The van der Waals surface area contributed by atoms with Crippen molar-refractivity contribution >= 4 is 17.3 Å².